The van der Waals surface area contributed by atoms with E-state index in [1.54, 1.807) is 29.9 Å². The topological polar surface area (TPSA) is 105 Å². The average Bonchev–Trinajstić information content (AvgIpc) is 3.02. The number of carbonyl (C=O) groups excluding carboxylic acids is 2. The van der Waals surface area contributed by atoms with E-state index in [0.717, 1.165) is 12.1 Å². The van der Waals surface area contributed by atoms with Crippen LogP contribution in [-0.4, -0.2) is 39.9 Å². The molecule has 1 aromatic heterocycles. The molecule has 2 amide bonds. The van der Waals surface area contributed by atoms with Gasteiger partial charge in [-0.25, -0.2) is 8.78 Å². The van der Waals surface area contributed by atoms with E-state index in [-0.39, 0.29) is 11.4 Å². The average molecular weight is 418 g/mol. The molecule has 0 spiro atoms. The molecule has 0 unspecified atom stereocenters. The molecule has 3 rings (SSSR count). The number of aryl methyl sites for hydroxylation is 1. The third kappa shape index (κ3) is 4.23. The molecule has 3 aromatic rings. The summed E-state index contributed by atoms with van der Waals surface area (Å²) < 4.78 is 33.5. The molecule has 0 saturated heterocycles. The van der Waals surface area contributed by atoms with Gasteiger partial charge in [-0.05, 0) is 36.8 Å². The summed E-state index contributed by atoms with van der Waals surface area (Å²) in [5, 5.41) is 19.9. The fourth-order valence-corrected chi connectivity index (χ4v) is 3.03. The minimum atomic E-state index is -1.84. The number of hydrogen-bond donors (Lipinski definition) is 3. The van der Waals surface area contributed by atoms with Gasteiger partial charge in [0.1, 0.15) is 28.9 Å². The van der Waals surface area contributed by atoms with Crippen molar-refractivity contribution in [2.75, 3.05) is 12.4 Å². The van der Waals surface area contributed by atoms with E-state index in [9.17, 15) is 23.5 Å². The summed E-state index contributed by atoms with van der Waals surface area (Å²) in [5.74, 6) is -2.58. The number of fused-ring (bicyclic) bond motifs is 1. The molecular formula is C20H20F2N4O4. The monoisotopic (exact) mass is 418 g/mol. The summed E-state index contributed by atoms with van der Waals surface area (Å²) in [5.41, 5.74) is 0.413. The van der Waals surface area contributed by atoms with Gasteiger partial charge in [0.05, 0.1) is 7.11 Å². The largest absolute Gasteiger partial charge is 0.494 e. The summed E-state index contributed by atoms with van der Waals surface area (Å²) >= 11 is 0. The van der Waals surface area contributed by atoms with Crippen LogP contribution in [0.15, 0.2) is 36.4 Å². The number of benzene rings is 2. The molecule has 2 atom stereocenters. The molecule has 8 nitrogen and oxygen atoms in total. The van der Waals surface area contributed by atoms with Gasteiger partial charge in [-0.15, -0.1) is 0 Å². The van der Waals surface area contributed by atoms with Crippen molar-refractivity contribution >= 4 is 28.5 Å². The minimum absolute atomic E-state index is 0.263. The number of halogens is 2. The van der Waals surface area contributed by atoms with E-state index in [1.165, 1.54) is 14.0 Å². The smallest absolute Gasteiger partial charge is 0.254 e. The molecule has 3 N–H and O–H groups in total. The Balaban J connectivity index is 1.72. The lowest BCUT2D eigenvalue weighted by molar-refractivity contribution is -0.132. The Morgan fingerprint density at radius 3 is 2.47 bits per heavy atom. The number of anilines is 1. The number of aliphatic hydroxyl groups is 1. The second-order valence-electron chi connectivity index (χ2n) is 6.65. The molecule has 2 aromatic carbocycles. The molecule has 0 aliphatic heterocycles. The van der Waals surface area contributed by atoms with Crippen LogP contribution in [0.2, 0.25) is 0 Å². The maximum absolute atomic E-state index is 13.3. The molecule has 0 radical (unpaired) electrons. The fraction of sp³-hybridized carbons (Fsp3) is 0.250. The van der Waals surface area contributed by atoms with Crippen LogP contribution in [0.1, 0.15) is 18.6 Å². The van der Waals surface area contributed by atoms with E-state index in [0.29, 0.717) is 22.7 Å². The SMILES string of the molecule is COc1cccc2c(NC(=O)[C@H](C)NC(=O)[C@@H](O)c3cc(F)cc(F)c3)nn(C)c12. The molecule has 0 aliphatic carbocycles. The number of nitrogens with one attached hydrogen (secondary N) is 2. The number of rotatable bonds is 6. The molecule has 158 valence electrons. The van der Waals surface area contributed by atoms with E-state index in [1.807, 2.05) is 0 Å². The van der Waals surface area contributed by atoms with Gasteiger partial charge in [-0.3, -0.25) is 14.3 Å². The Labute approximate surface area is 170 Å². The third-order valence-corrected chi connectivity index (χ3v) is 4.49. The Morgan fingerprint density at radius 2 is 1.83 bits per heavy atom. The van der Waals surface area contributed by atoms with Crippen LogP contribution < -0.4 is 15.4 Å². The summed E-state index contributed by atoms with van der Waals surface area (Å²) in [6, 6.07) is 6.50. The first-order valence-electron chi connectivity index (χ1n) is 8.96. The van der Waals surface area contributed by atoms with Crippen molar-refractivity contribution in [1.29, 1.82) is 0 Å². The van der Waals surface area contributed by atoms with Crippen LogP contribution in [0.5, 0.6) is 5.75 Å². The number of carbonyl (C=O) groups is 2. The predicted octanol–water partition coefficient (Wildman–Crippen LogP) is 2.04. The van der Waals surface area contributed by atoms with Gasteiger partial charge in [0.15, 0.2) is 11.9 Å². The van der Waals surface area contributed by atoms with Crippen molar-refractivity contribution in [3.8, 4) is 5.75 Å². The second kappa shape index (κ2) is 8.46. The summed E-state index contributed by atoms with van der Waals surface area (Å²) in [7, 11) is 3.22. The quantitative estimate of drug-likeness (QED) is 0.568. The molecular weight excluding hydrogens is 398 g/mol. The lowest BCUT2D eigenvalue weighted by Gasteiger charge is -2.16. The molecule has 1 heterocycles. The van der Waals surface area contributed by atoms with Gasteiger partial charge in [-0.1, -0.05) is 6.07 Å². The van der Waals surface area contributed by atoms with E-state index in [4.69, 9.17) is 4.74 Å². The van der Waals surface area contributed by atoms with Gasteiger partial charge >= 0.3 is 0 Å². The number of aliphatic hydroxyl groups excluding tert-OH is 1. The Morgan fingerprint density at radius 1 is 1.17 bits per heavy atom. The first-order chi connectivity index (χ1) is 14.2. The number of methoxy groups -OCH3 is 1. The summed E-state index contributed by atoms with van der Waals surface area (Å²) in [6.07, 6.45) is -1.84. The number of para-hydroxylation sites is 1. The van der Waals surface area contributed by atoms with E-state index in [2.05, 4.69) is 15.7 Å². The zero-order chi connectivity index (χ0) is 22.0. The molecule has 0 saturated carbocycles. The molecule has 0 aliphatic rings. The first-order valence-corrected chi connectivity index (χ1v) is 8.96. The lowest BCUT2D eigenvalue weighted by Crippen LogP contribution is -2.43. The Bertz CT molecular complexity index is 1100. The highest BCUT2D eigenvalue weighted by atomic mass is 19.1. The molecule has 0 fully saturated rings. The van der Waals surface area contributed by atoms with Gasteiger partial charge in [0.2, 0.25) is 5.91 Å². The Hall–Kier alpha value is -3.53. The maximum atomic E-state index is 13.3. The van der Waals surface area contributed by atoms with Gasteiger partial charge in [0.25, 0.3) is 5.91 Å². The van der Waals surface area contributed by atoms with Crippen LogP contribution in [0, 0.1) is 11.6 Å². The minimum Gasteiger partial charge on any atom is -0.494 e. The van der Waals surface area contributed by atoms with Crippen molar-refractivity contribution in [2.45, 2.75) is 19.1 Å². The van der Waals surface area contributed by atoms with Crippen LogP contribution in [-0.2, 0) is 16.6 Å². The Kier molecular flexibility index (Phi) is 5.97. The zero-order valence-electron chi connectivity index (χ0n) is 16.4. The van der Waals surface area contributed by atoms with Crippen molar-refractivity contribution in [3.63, 3.8) is 0 Å². The highest BCUT2D eigenvalue weighted by Crippen LogP contribution is 2.30. The van der Waals surface area contributed by atoms with Crippen molar-refractivity contribution in [2.24, 2.45) is 7.05 Å². The van der Waals surface area contributed by atoms with Crippen molar-refractivity contribution in [1.82, 2.24) is 15.1 Å². The van der Waals surface area contributed by atoms with Crippen LogP contribution in [0.4, 0.5) is 14.6 Å². The first kappa shape index (κ1) is 21.2. The zero-order valence-corrected chi connectivity index (χ0v) is 16.4. The van der Waals surface area contributed by atoms with E-state index < -0.39 is 35.6 Å². The maximum Gasteiger partial charge on any atom is 0.254 e. The van der Waals surface area contributed by atoms with Crippen LogP contribution >= 0.6 is 0 Å². The normalized spacial score (nSPS) is 13.0. The predicted molar refractivity (Wildman–Crippen MR) is 105 cm³/mol. The number of aromatic nitrogens is 2. The van der Waals surface area contributed by atoms with Gasteiger partial charge < -0.3 is 20.5 Å². The van der Waals surface area contributed by atoms with E-state index >= 15 is 0 Å². The summed E-state index contributed by atoms with van der Waals surface area (Å²) in [4.78, 5) is 24.7. The van der Waals surface area contributed by atoms with Crippen molar-refractivity contribution < 1.29 is 28.2 Å². The highest BCUT2D eigenvalue weighted by Gasteiger charge is 2.24. The molecule has 10 heteroatoms. The standard InChI is InChI=1S/C20H20F2N4O4/c1-10(23-20(29)17(27)11-7-12(21)9-13(22)8-11)19(28)24-18-14-5-4-6-15(30-3)16(14)26(2)25-18/h4-10,17,27H,1-3H3,(H,23,29)(H,24,25,28)/t10-,17-/m0/s1. The number of nitrogens with zero attached hydrogens (tertiary/aromatic N) is 2. The fourth-order valence-electron chi connectivity index (χ4n) is 3.03. The second-order valence-corrected chi connectivity index (χ2v) is 6.65. The van der Waals surface area contributed by atoms with Gasteiger partial charge in [0, 0.05) is 18.5 Å². The highest BCUT2D eigenvalue weighted by molar-refractivity contribution is 6.04. The molecule has 30 heavy (non-hydrogen) atoms. The van der Waals surface area contributed by atoms with Crippen molar-refractivity contribution in [3.05, 3.63) is 53.6 Å². The van der Waals surface area contributed by atoms with Crippen LogP contribution in [0.3, 0.4) is 0 Å². The lowest BCUT2D eigenvalue weighted by atomic mass is 10.1. The third-order valence-electron chi connectivity index (χ3n) is 4.49. The summed E-state index contributed by atoms with van der Waals surface area (Å²) in [6.45, 7) is 1.40. The number of amides is 2. The number of hydrogen-bond acceptors (Lipinski definition) is 5. The van der Waals surface area contributed by atoms with Gasteiger partial charge in [-0.2, -0.15) is 5.10 Å². The molecule has 0 bridgehead atoms. The number of ether oxygens (including phenoxy) is 1. The van der Waals surface area contributed by atoms with Crippen LogP contribution in [0.25, 0.3) is 10.9 Å².